The number of carbonyl (C=O) groups excluding carboxylic acids is 1. The van der Waals surface area contributed by atoms with E-state index in [9.17, 15) is 4.79 Å². The molecule has 0 bridgehead atoms. The fourth-order valence-corrected chi connectivity index (χ4v) is 3.39. The normalized spacial score (nSPS) is 24.9. The van der Waals surface area contributed by atoms with Gasteiger partial charge in [-0.25, -0.2) is 0 Å². The third kappa shape index (κ3) is 3.31. The molecular formula is C16H30N2O. The second kappa shape index (κ2) is 6.25. The Morgan fingerprint density at radius 1 is 1.26 bits per heavy atom. The van der Waals surface area contributed by atoms with Gasteiger partial charge in [-0.1, -0.05) is 20.3 Å². The molecule has 1 amide bonds. The molecule has 1 saturated carbocycles. The summed E-state index contributed by atoms with van der Waals surface area (Å²) in [7, 11) is 0. The number of hydrogen-bond acceptors (Lipinski definition) is 2. The predicted octanol–water partition coefficient (Wildman–Crippen LogP) is 2.66. The SMILES string of the molecule is CCN(CC1CCC1)C(=O)C(C)(C)C1CCCNC1. The van der Waals surface area contributed by atoms with Crippen LogP contribution < -0.4 is 5.32 Å². The van der Waals surface area contributed by atoms with Gasteiger partial charge in [-0.15, -0.1) is 0 Å². The lowest BCUT2D eigenvalue weighted by molar-refractivity contribution is -0.144. The van der Waals surface area contributed by atoms with Gasteiger partial charge in [-0.3, -0.25) is 4.79 Å². The summed E-state index contributed by atoms with van der Waals surface area (Å²) in [5.74, 6) is 1.63. The summed E-state index contributed by atoms with van der Waals surface area (Å²) in [5.41, 5.74) is -0.215. The number of amides is 1. The third-order valence-electron chi connectivity index (χ3n) is 5.24. The highest BCUT2D eigenvalue weighted by Crippen LogP contribution is 2.35. The van der Waals surface area contributed by atoms with Crippen LogP contribution in [0.25, 0.3) is 0 Å². The Kier molecular flexibility index (Phi) is 4.88. The largest absolute Gasteiger partial charge is 0.342 e. The van der Waals surface area contributed by atoms with E-state index in [1.54, 1.807) is 0 Å². The highest BCUT2D eigenvalue weighted by molar-refractivity contribution is 5.82. The fourth-order valence-electron chi connectivity index (χ4n) is 3.39. The Morgan fingerprint density at radius 3 is 2.47 bits per heavy atom. The molecule has 0 aromatic heterocycles. The minimum Gasteiger partial charge on any atom is -0.342 e. The van der Waals surface area contributed by atoms with Crippen LogP contribution in [0, 0.1) is 17.3 Å². The van der Waals surface area contributed by atoms with E-state index in [1.165, 1.54) is 32.1 Å². The van der Waals surface area contributed by atoms with Gasteiger partial charge in [0.15, 0.2) is 0 Å². The molecule has 2 fully saturated rings. The van der Waals surface area contributed by atoms with Crippen LogP contribution in [0.15, 0.2) is 0 Å². The molecule has 1 atom stereocenters. The number of hydrogen-bond donors (Lipinski definition) is 1. The summed E-state index contributed by atoms with van der Waals surface area (Å²) < 4.78 is 0. The molecule has 0 aromatic rings. The quantitative estimate of drug-likeness (QED) is 0.829. The van der Waals surface area contributed by atoms with Crippen molar-refractivity contribution in [3.63, 3.8) is 0 Å². The molecule has 0 aromatic carbocycles. The number of piperidine rings is 1. The molecule has 3 heteroatoms. The molecule has 1 unspecified atom stereocenters. The highest BCUT2D eigenvalue weighted by Gasteiger charge is 2.40. The van der Waals surface area contributed by atoms with E-state index < -0.39 is 0 Å². The molecule has 19 heavy (non-hydrogen) atoms. The summed E-state index contributed by atoms with van der Waals surface area (Å²) in [6.07, 6.45) is 6.37. The van der Waals surface area contributed by atoms with Gasteiger partial charge in [0.2, 0.25) is 5.91 Å². The third-order valence-corrected chi connectivity index (χ3v) is 5.24. The molecule has 1 saturated heterocycles. The van der Waals surface area contributed by atoms with Gasteiger partial charge < -0.3 is 10.2 Å². The minimum absolute atomic E-state index is 0.215. The van der Waals surface area contributed by atoms with E-state index in [2.05, 4.69) is 31.0 Å². The fraction of sp³-hybridized carbons (Fsp3) is 0.938. The van der Waals surface area contributed by atoms with Crippen LogP contribution in [0.2, 0.25) is 0 Å². The zero-order chi connectivity index (χ0) is 13.9. The average Bonchev–Trinajstić information content (AvgIpc) is 2.38. The molecule has 2 rings (SSSR count). The summed E-state index contributed by atoms with van der Waals surface area (Å²) in [4.78, 5) is 15.0. The van der Waals surface area contributed by atoms with Crippen molar-refractivity contribution in [2.24, 2.45) is 17.3 Å². The van der Waals surface area contributed by atoms with Crippen molar-refractivity contribution in [3.05, 3.63) is 0 Å². The van der Waals surface area contributed by atoms with Gasteiger partial charge in [0.1, 0.15) is 0 Å². The number of nitrogens with one attached hydrogen (secondary N) is 1. The molecule has 3 nitrogen and oxygen atoms in total. The lowest BCUT2D eigenvalue weighted by Crippen LogP contribution is -2.50. The van der Waals surface area contributed by atoms with E-state index >= 15 is 0 Å². The Labute approximate surface area is 118 Å². The van der Waals surface area contributed by atoms with Crippen LogP contribution in [0.3, 0.4) is 0 Å². The first kappa shape index (κ1) is 14.8. The van der Waals surface area contributed by atoms with Gasteiger partial charge in [0.05, 0.1) is 0 Å². The van der Waals surface area contributed by atoms with Crippen molar-refractivity contribution >= 4 is 5.91 Å². The van der Waals surface area contributed by atoms with E-state index in [4.69, 9.17) is 0 Å². The van der Waals surface area contributed by atoms with Gasteiger partial charge in [0, 0.05) is 18.5 Å². The molecule has 1 aliphatic carbocycles. The van der Waals surface area contributed by atoms with Gasteiger partial charge in [0.25, 0.3) is 0 Å². The van der Waals surface area contributed by atoms with E-state index in [0.29, 0.717) is 11.8 Å². The van der Waals surface area contributed by atoms with Gasteiger partial charge in [-0.05, 0) is 57.5 Å². The molecule has 1 heterocycles. The van der Waals surface area contributed by atoms with Crippen molar-refractivity contribution in [2.45, 2.75) is 52.9 Å². The maximum absolute atomic E-state index is 12.9. The number of nitrogens with zero attached hydrogens (tertiary/aromatic N) is 1. The van der Waals surface area contributed by atoms with Crippen LogP contribution in [0.5, 0.6) is 0 Å². The number of rotatable bonds is 5. The lowest BCUT2D eigenvalue weighted by atomic mass is 9.73. The van der Waals surface area contributed by atoms with Gasteiger partial charge in [-0.2, -0.15) is 0 Å². The summed E-state index contributed by atoms with van der Waals surface area (Å²) >= 11 is 0. The highest BCUT2D eigenvalue weighted by atomic mass is 16.2. The van der Waals surface area contributed by atoms with Crippen molar-refractivity contribution in [1.29, 1.82) is 0 Å². The average molecular weight is 266 g/mol. The first-order chi connectivity index (χ1) is 9.05. The maximum atomic E-state index is 12.9. The van der Waals surface area contributed by atoms with Crippen molar-refractivity contribution in [2.75, 3.05) is 26.2 Å². The van der Waals surface area contributed by atoms with E-state index in [0.717, 1.165) is 32.1 Å². The summed E-state index contributed by atoms with van der Waals surface area (Å²) in [6.45, 7) is 10.4. The monoisotopic (exact) mass is 266 g/mol. The van der Waals surface area contributed by atoms with Crippen LogP contribution in [0.1, 0.15) is 52.9 Å². The van der Waals surface area contributed by atoms with Crippen LogP contribution in [0.4, 0.5) is 0 Å². The number of carbonyl (C=O) groups is 1. The van der Waals surface area contributed by atoms with Crippen LogP contribution >= 0.6 is 0 Å². The topological polar surface area (TPSA) is 32.3 Å². The molecule has 2 aliphatic rings. The predicted molar refractivity (Wildman–Crippen MR) is 79.0 cm³/mol. The summed E-state index contributed by atoms with van der Waals surface area (Å²) in [6, 6.07) is 0. The summed E-state index contributed by atoms with van der Waals surface area (Å²) in [5, 5.41) is 3.45. The first-order valence-corrected chi connectivity index (χ1v) is 8.05. The van der Waals surface area contributed by atoms with E-state index in [-0.39, 0.29) is 5.41 Å². The molecule has 1 aliphatic heterocycles. The minimum atomic E-state index is -0.215. The molecule has 0 spiro atoms. The second-order valence-corrected chi connectivity index (χ2v) is 6.91. The Morgan fingerprint density at radius 2 is 2.00 bits per heavy atom. The molecule has 110 valence electrons. The lowest BCUT2D eigenvalue weighted by Gasteiger charge is -2.41. The van der Waals surface area contributed by atoms with E-state index in [1.807, 2.05) is 0 Å². The van der Waals surface area contributed by atoms with Gasteiger partial charge >= 0.3 is 0 Å². The van der Waals surface area contributed by atoms with Crippen molar-refractivity contribution < 1.29 is 4.79 Å². The standard InChI is InChI=1S/C16H30N2O/c1-4-18(12-13-7-5-8-13)15(19)16(2,3)14-9-6-10-17-11-14/h13-14,17H,4-12H2,1-3H3. The van der Waals surface area contributed by atoms with Crippen molar-refractivity contribution in [1.82, 2.24) is 10.2 Å². The molecule has 0 radical (unpaired) electrons. The van der Waals surface area contributed by atoms with Crippen LogP contribution in [-0.4, -0.2) is 37.0 Å². The maximum Gasteiger partial charge on any atom is 0.228 e. The zero-order valence-corrected chi connectivity index (χ0v) is 12.9. The second-order valence-electron chi connectivity index (χ2n) is 6.91. The molecule has 1 N–H and O–H groups in total. The first-order valence-electron chi connectivity index (χ1n) is 8.05. The smallest absolute Gasteiger partial charge is 0.228 e. The molecular weight excluding hydrogens is 236 g/mol. The van der Waals surface area contributed by atoms with Crippen molar-refractivity contribution in [3.8, 4) is 0 Å². The van der Waals surface area contributed by atoms with Crippen LogP contribution in [-0.2, 0) is 4.79 Å². The zero-order valence-electron chi connectivity index (χ0n) is 12.9. The Balaban J connectivity index is 1.97. The Bertz CT molecular complexity index is 304. The Hall–Kier alpha value is -0.570.